The van der Waals surface area contributed by atoms with Crippen molar-refractivity contribution in [1.82, 2.24) is 4.90 Å². The quantitative estimate of drug-likeness (QED) is 0.688. The molecule has 0 fully saturated rings. The highest BCUT2D eigenvalue weighted by molar-refractivity contribution is 9.11. The molecule has 0 saturated carbocycles. The molecule has 3 nitrogen and oxygen atoms in total. The Labute approximate surface area is 140 Å². The topological polar surface area (TPSA) is 29.5 Å². The fourth-order valence-electron chi connectivity index (χ4n) is 2.35. The number of nitrogens with zero attached hydrogens (tertiary/aromatic N) is 1. The molecule has 21 heavy (non-hydrogen) atoms. The van der Waals surface area contributed by atoms with Crippen molar-refractivity contribution < 1.29 is 9.53 Å². The molecular formula is C16H26BrNO2S. The molecule has 2 rings (SSSR count). The van der Waals surface area contributed by atoms with Crippen LogP contribution in [0.15, 0.2) is 9.85 Å². The summed E-state index contributed by atoms with van der Waals surface area (Å²) in [6.45, 7) is 10.4. The first-order chi connectivity index (χ1) is 9.76. The van der Waals surface area contributed by atoms with E-state index in [1.54, 1.807) is 4.90 Å². The second kappa shape index (κ2) is 7.63. The summed E-state index contributed by atoms with van der Waals surface area (Å²) in [5.41, 5.74) is 0.963. The number of aryl methyl sites for hydroxylation is 1. The predicted octanol–water partition coefficient (Wildman–Crippen LogP) is 5.43. The van der Waals surface area contributed by atoms with Gasteiger partial charge in [-0.3, -0.25) is 0 Å². The van der Waals surface area contributed by atoms with E-state index in [0.29, 0.717) is 5.92 Å². The van der Waals surface area contributed by atoms with E-state index in [9.17, 15) is 4.79 Å². The first-order valence-corrected chi connectivity index (χ1v) is 9.09. The van der Waals surface area contributed by atoms with Crippen molar-refractivity contribution in [3.8, 4) is 0 Å². The van der Waals surface area contributed by atoms with Crippen LogP contribution in [-0.2, 0) is 11.2 Å². The van der Waals surface area contributed by atoms with Crippen LogP contribution in [0.2, 0.25) is 0 Å². The van der Waals surface area contributed by atoms with Gasteiger partial charge in [0.1, 0.15) is 5.60 Å². The van der Waals surface area contributed by atoms with E-state index >= 15 is 0 Å². The number of ether oxygens (including phenoxy) is 1. The lowest BCUT2D eigenvalue weighted by molar-refractivity contribution is 0.0288. The lowest BCUT2D eigenvalue weighted by atomic mass is 10.0. The second-order valence-electron chi connectivity index (χ2n) is 6.03. The van der Waals surface area contributed by atoms with Crippen molar-refractivity contribution >= 4 is 33.4 Å². The van der Waals surface area contributed by atoms with E-state index in [0.717, 1.165) is 19.4 Å². The number of fused-ring (bicyclic) bond motifs is 1. The van der Waals surface area contributed by atoms with Gasteiger partial charge in [-0.2, -0.15) is 0 Å². The maximum Gasteiger partial charge on any atom is 0.410 e. The minimum atomic E-state index is -0.433. The predicted molar refractivity (Wildman–Crippen MR) is 93.3 cm³/mol. The van der Waals surface area contributed by atoms with Crippen LogP contribution in [0.25, 0.3) is 0 Å². The number of carbonyl (C=O) groups excluding carboxylic acids is 1. The lowest BCUT2D eigenvalue weighted by Crippen LogP contribution is -2.36. The van der Waals surface area contributed by atoms with Gasteiger partial charge < -0.3 is 9.64 Å². The number of rotatable bonds is 2. The molecule has 0 radical (unpaired) electrons. The number of hydrogen-bond donors (Lipinski definition) is 0. The summed E-state index contributed by atoms with van der Waals surface area (Å²) in [5.74, 6) is 0.440. The third kappa shape index (κ3) is 5.29. The molecule has 1 atom stereocenters. The molecule has 0 spiro atoms. The number of carbonyl (C=O) groups is 1. The molecule has 1 aromatic heterocycles. The van der Waals surface area contributed by atoms with Gasteiger partial charge in [-0.25, -0.2) is 4.79 Å². The van der Waals surface area contributed by atoms with E-state index in [1.807, 2.05) is 53.0 Å². The minimum absolute atomic E-state index is 0.241. The largest absolute Gasteiger partial charge is 0.444 e. The van der Waals surface area contributed by atoms with Crippen molar-refractivity contribution in [1.29, 1.82) is 0 Å². The SMILES string of the molecule is CC.CN(CC1CCc2sc(Br)cc21)C(=O)OC(C)(C)C. The van der Waals surface area contributed by atoms with Gasteiger partial charge in [0.25, 0.3) is 0 Å². The standard InChI is InChI=1S/C14H20BrNO2S.C2H6/c1-14(2,3)18-13(17)16(4)8-9-5-6-11-10(9)7-12(15)19-11;1-2/h7,9H,5-6,8H2,1-4H3;1-2H3. The average Bonchev–Trinajstić information content (AvgIpc) is 2.90. The fraction of sp³-hybridized carbons (Fsp3) is 0.688. The van der Waals surface area contributed by atoms with Crippen molar-refractivity contribution in [3.63, 3.8) is 0 Å². The zero-order chi connectivity index (χ0) is 16.2. The number of thiophene rings is 1. The summed E-state index contributed by atoms with van der Waals surface area (Å²) in [7, 11) is 1.81. The van der Waals surface area contributed by atoms with E-state index in [-0.39, 0.29) is 6.09 Å². The Morgan fingerprint density at radius 1 is 1.48 bits per heavy atom. The van der Waals surface area contributed by atoms with Gasteiger partial charge in [0.2, 0.25) is 0 Å². The number of halogens is 1. The van der Waals surface area contributed by atoms with Crippen molar-refractivity contribution in [3.05, 3.63) is 20.3 Å². The number of amides is 1. The summed E-state index contributed by atoms with van der Waals surface area (Å²) in [4.78, 5) is 15.1. The lowest BCUT2D eigenvalue weighted by Gasteiger charge is -2.26. The Morgan fingerprint density at radius 2 is 2.10 bits per heavy atom. The summed E-state index contributed by atoms with van der Waals surface area (Å²) in [6.07, 6.45) is 2.01. The third-order valence-corrected chi connectivity index (χ3v) is 4.88. The summed E-state index contributed by atoms with van der Waals surface area (Å²) < 4.78 is 6.57. The van der Waals surface area contributed by atoms with Gasteiger partial charge in [-0.15, -0.1) is 11.3 Å². The molecule has 1 heterocycles. The van der Waals surface area contributed by atoms with Gasteiger partial charge >= 0.3 is 6.09 Å². The van der Waals surface area contributed by atoms with Crippen molar-refractivity contribution in [2.45, 2.75) is 59.0 Å². The molecule has 120 valence electrons. The highest BCUT2D eigenvalue weighted by Crippen LogP contribution is 2.41. The Hall–Kier alpha value is -0.550. The monoisotopic (exact) mass is 375 g/mol. The Morgan fingerprint density at radius 3 is 2.67 bits per heavy atom. The van der Waals surface area contributed by atoms with E-state index < -0.39 is 5.60 Å². The molecule has 1 amide bonds. The van der Waals surface area contributed by atoms with Crippen LogP contribution in [0.3, 0.4) is 0 Å². The fourth-order valence-corrected chi connectivity index (χ4v) is 4.16. The molecule has 0 N–H and O–H groups in total. The third-order valence-electron chi connectivity index (χ3n) is 3.17. The first kappa shape index (κ1) is 18.5. The van der Waals surface area contributed by atoms with Crippen LogP contribution in [0.5, 0.6) is 0 Å². The van der Waals surface area contributed by atoms with Crippen molar-refractivity contribution in [2.24, 2.45) is 0 Å². The molecule has 0 aliphatic heterocycles. The molecule has 1 unspecified atom stereocenters. The zero-order valence-electron chi connectivity index (χ0n) is 13.8. The molecule has 0 bridgehead atoms. The van der Waals surface area contributed by atoms with Crippen LogP contribution in [0.1, 0.15) is 57.4 Å². The van der Waals surface area contributed by atoms with Gasteiger partial charge in [0.05, 0.1) is 3.79 Å². The van der Waals surface area contributed by atoms with Crippen LogP contribution < -0.4 is 0 Å². The molecular weight excluding hydrogens is 350 g/mol. The van der Waals surface area contributed by atoms with Crippen LogP contribution in [0.4, 0.5) is 4.79 Å². The molecule has 5 heteroatoms. The summed E-state index contributed by atoms with van der Waals surface area (Å²) in [6, 6.07) is 2.20. The Bertz CT molecular complexity index is 479. The van der Waals surface area contributed by atoms with Gasteiger partial charge in [-0.1, -0.05) is 13.8 Å². The Balaban J connectivity index is 0.00000106. The zero-order valence-corrected chi connectivity index (χ0v) is 16.2. The number of likely N-dealkylation sites (N-methyl/N-ethyl adjacent to an activating group) is 1. The van der Waals surface area contributed by atoms with E-state index in [4.69, 9.17) is 4.74 Å². The number of hydrogen-bond acceptors (Lipinski definition) is 3. The average molecular weight is 376 g/mol. The molecule has 0 saturated heterocycles. The summed E-state index contributed by atoms with van der Waals surface area (Å²) in [5, 5.41) is 0. The van der Waals surface area contributed by atoms with Crippen molar-refractivity contribution in [2.75, 3.05) is 13.6 Å². The van der Waals surface area contributed by atoms with Crippen LogP contribution in [0, 0.1) is 0 Å². The maximum absolute atomic E-state index is 12.0. The van der Waals surface area contributed by atoms with Crippen LogP contribution in [-0.4, -0.2) is 30.2 Å². The normalized spacial score (nSPS) is 16.8. The molecule has 0 aromatic carbocycles. The maximum atomic E-state index is 12.0. The first-order valence-electron chi connectivity index (χ1n) is 7.48. The molecule has 1 aliphatic rings. The van der Waals surface area contributed by atoms with E-state index in [1.165, 1.54) is 14.2 Å². The van der Waals surface area contributed by atoms with Gasteiger partial charge in [-0.05, 0) is 61.2 Å². The molecule has 1 aliphatic carbocycles. The Kier molecular flexibility index (Phi) is 6.72. The van der Waals surface area contributed by atoms with E-state index in [2.05, 4.69) is 22.0 Å². The van der Waals surface area contributed by atoms with Gasteiger partial charge in [0, 0.05) is 24.4 Å². The smallest absolute Gasteiger partial charge is 0.410 e. The summed E-state index contributed by atoms with van der Waals surface area (Å²) >= 11 is 5.34. The van der Waals surface area contributed by atoms with Crippen LogP contribution >= 0.6 is 27.3 Å². The second-order valence-corrected chi connectivity index (χ2v) is 8.54. The highest BCUT2D eigenvalue weighted by Gasteiger charge is 2.28. The molecule has 1 aromatic rings. The highest BCUT2D eigenvalue weighted by atomic mass is 79.9. The van der Waals surface area contributed by atoms with Gasteiger partial charge in [0.15, 0.2) is 0 Å². The minimum Gasteiger partial charge on any atom is -0.444 e.